The molecule has 2 aromatic heterocycles. The van der Waals surface area contributed by atoms with Gasteiger partial charge in [-0.1, -0.05) is 12.1 Å². The molecule has 0 unspecified atom stereocenters. The van der Waals surface area contributed by atoms with Gasteiger partial charge in [0.15, 0.2) is 6.61 Å². The van der Waals surface area contributed by atoms with Crippen LogP contribution in [0.4, 0.5) is 11.4 Å². The van der Waals surface area contributed by atoms with Crippen molar-refractivity contribution in [3.05, 3.63) is 82.7 Å². The van der Waals surface area contributed by atoms with Crippen molar-refractivity contribution in [2.75, 3.05) is 11.9 Å². The lowest BCUT2D eigenvalue weighted by Crippen LogP contribution is -2.25. The van der Waals surface area contributed by atoms with E-state index < -0.39 is 0 Å². The normalized spacial score (nSPS) is 13.6. The third kappa shape index (κ3) is 4.01. The van der Waals surface area contributed by atoms with E-state index in [-0.39, 0.29) is 18.3 Å². The maximum absolute atomic E-state index is 11.7. The molecule has 8 nitrogen and oxygen atoms in total. The fraction of sp³-hybridized carbons (Fsp3) is 0.0435. The highest BCUT2D eigenvalue weighted by molar-refractivity contribution is 7.07. The van der Waals surface area contributed by atoms with Gasteiger partial charge in [-0.2, -0.15) is 5.10 Å². The van der Waals surface area contributed by atoms with Gasteiger partial charge in [0.2, 0.25) is 4.80 Å². The average Bonchev–Trinajstić information content (AvgIpc) is 3.21. The van der Waals surface area contributed by atoms with Gasteiger partial charge in [-0.3, -0.25) is 9.78 Å². The molecule has 0 atom stereocenters. The van der Waals surface area contributed by atoms with Crippen LogP contribution in [-0.2, 0) is 4.79 Å². The Hall–Kier alpha value is -4.24. The second-order valence-corrected chi connectivity index (χ2v) is 7.73. The highest BCUT2D eigenvalue weighted by Crippen LogP contribution is 2.33. The Morgan fingerprint density at radius 2 is 2.09 bits per heavy atom. The van der Waals surface area contributed by atoms with E-state index in [1.807, 2.05) is 41.8 Å². The number of thiazole rings is 1. The van der Waals surface area contributed by atoms with E-state index in [0.717, 1.165) is 11.3 Å². The summed E-state index contributed by atoms with van der Waals surface area (Å²) in [4.78, 5) is 21.1. The molecule has 158 valence electrons. The lowest BCUT2D eigenvalue weighted by atomic mass is 10.1. The zero-order chi connectivity index (χ0) is 21.9. The van der Waals surface area contributed by atoms with E-state index in [0.29, 0.717) is 27.5 Å². The molecule has 2 aromatic carbocycles. The molecule has 0 saturated carbocycles. The Kier molecular flexibility index (Phi) is 5.22. The molecule has 0 aliphatic carbocycles. The van der Waals surface area contributed by atoms with Crippen LogP contribution in [0.5, 0.6) is 11.5 Å². The SMILES string of the molecule is O=C1COc2ccc(-c3csc(=Nc4cccnc4)n3N=Cc3ccccc3O)cc2N1. The summed E-state index contributed by atoms with van der Waals surface area (Å²) in [6.07, 6.45) is 4.94. The van der Waals surface area contributed by atoms with Crippen LogP contribution in [0.1, 0.15) is 5.56 Å². The van der Waals surface area contributed by atoms with Crippen molar-refractivity contribution in [1.82, 2.24) is 9.66 Å². The molecule has 0 saturated heterocycles. The number of hydrogen-bond acceptors (Lipinski definition) is 7. The number of para-hydroxylation sites is 1. The number of pyridine rings is 1. The highest BCUT2D eigenvalue weighted by atomic mass is 32.1. The number of phenolic OH excluding ortho intramolecular Hbond substituents is 1. The van der Waals surface area contributed by atoms with Gasteiger partial charge < -0.3 is 15.2 Å². The highest BCUT2D eigenvalue weighted by Gasteiger charge is 2.18. The molecular weight excluding hydrogens is 426 g/mol. The van der Waals surface area contributed by atoms with Crippen molar-refractivity contribution in [2.45, 2.75) is 0 Å². The predicted octanol–water partition coefficient (Wildman–Crippen LogP) is 3.76. The van der Waals surface area contributed by atoms with E-state index >= 15 is 0 Å². The summed E-state index contributed by atoms with van der Waals surface area (Å²) in [7, 11) is 0. The minimum Gasteiger partial charge on any atom is -0.507 e. The number of anilines is 1. The number of nitrogens with zero attached hydrogens (tertiary/aromatic N) is 4. The number of benzene rings is 2. The van der Waals surface area contributed by atoms with Gasteiger partial charge in [0, 0.05) is 22.7 Å². The quantitative estimate of drug-likeness (QED) is 0.469. The molecule has 1 amide bonds. The monoisotopic (exact) mass is 443 g/mol. The molecule has 0 fully saturated rings. The maximum Gasteiger partial charge on any atom is 0.262 e. The molecule has 2 N–H and O–H groups in total. The van der Waals surface area contributed by atoms with Crippen LogP contribution in [0.15, 0.2) is 82.5 Å². The topological polar surface area (TPSA) is 101 Å². The first-order chi connectivity index (χ1) is 15.7. The van der Waals surface area contributed by atoms with Crippen molar-refractivity contribution in [3.63, 3.8) is 0 Å². The number of carbonyl (C=O) groups is 1. The van der Waals surface area contributed by atoms with Crippen LogP contribution >= 0.6 is 11.3 Å². The van der Waals surface area contributed by atoms with Crippen LogP contribution in [0, 0.1) is 0 Å². The zero-order valence-electron chi connectivity index (χ0n) is 16.7. The van der Waals surface area contributed by atoms with Crippen LogP contribution in [0.3, 0.4) is 0 Å². The Morgan fingerprint density at radius 1 is 1.19 bits per heavy atom. The minimum absolute atomic E-state index is 0.00377. The third-order valence-corrected chi connectivity index (χ3v) is 5.53. The first-order valence-corrected chi connectivity index (χ1v) is 10.6. The fourth-order valence-corrected chi connectivity index (χ4v) is 4.03. The second-order valence-electron chi connectivity index (χ2n) is 6.89. The average molecular weight is 443 g/mol. The van der Waals surface area contributed by atoms with Crippen LogP contribution < -0.4 is 14.9 Å². The fourth-order valence-electron chi connectivity index (χ4n) is 3.18. The summed E-state index contributed by atoms with van der Waals surface area (Å²) in [5, 5.41) is 19.5. The van der Waals surface area contributed by atoms with Gasteiger partial charge in [0.1, 0.15) is 11.5 Å². The molecule has 0 radical (unpaired) electrons. The van der Waals surface area contributed by atoms with Crippen LogP contribution in [0.25, 0.3) is 11.3 Å². The largest absolute Gasteiger partial charge is 0.507 e. The van der Waals surface area contributed by atoms with Gasteiger partial charge in [-0.15, -0.1) is 11.3 Å². The maximum atomic E-state index is 11.7. The number of aromatic nitrogens is 2. The molecule has 0 bridgehead atoms. The number of ether oxygens (including phenoxy) is 1. The molecule has 3 heterocycles. The molecule has 32 heavy (non-hydrogen) atoms. The summed E-state index contributed by atoms with van der Waals surface area (Å²) < 4.78 is 7.15. The van der Waals surface area contributed by atoms with Gasteiger partial charge in [0.05, 0.1) is 29.5 Å². The molecule has 5 rings (SSSR count). The molecule has 4 aromatic rings. The summed E-state index contributed by atoms with van der Waals surface area (Å²) in [6, 6.07) is 16.2. The molecule has 1 aliphatic rings. The summed E-state index contributed by atoms with van der Waals surface area (Å²) >= 11 is 1.42. The van der Waals surface area contributed by atoms with Gasteiger partial charge in [0.25, 0.3) is 5.91 Å². The van der Waals surface area contributed by atoms with Crippen molar-refractivity contribution < 1.29 is 14.6 Å². The van der Waals surface area contributed by atoms with E-state index in [1.165, 1.54) is 11.3 Å². The Balaban J connectivity index is 1.63. The Bertz CT molecular complexity index is 1390. The zero-order valence-corrected chi connectivity index (χ0v) is 17.5. The number of aromatic hydroxyl groups is 1. The summed E-state index contributed by atoms with van der Waals surface area (Å²) in [6.45, 7) is 0.00377. The second kappa shape index (κ2) is 8.48. The number of fused-ring (bicyclic) bond motifs is 1. The van der Waals surface area contributed by atoms with Crippen molar-refractivity contribution >= 4 is 34.8 Å². The molecular formula is C23H17N5O3S. The standard InChI is InChI=1S/C23H17N5O3S/c29-20-6-2-1-4-16(20)11-25-28-19(14-32-23(28)26-17-5-3-9-24-12-17)15-7-8-21-18(10-15)27-22(30)13-31-21/h1-12,14,29H,13H2,(H,27,30). The van der Waals surface area contributed by atoms with Gasteiger partial charge >= 0.3 is 0 Å². The van der Waals surface area contributed by atoms with Crippen LogP contribution in [-0.4, -0.2) is 33.5 Å². The van der Waals surface area contributed by atoms with Crippen molar-refractivity contribution in [2.24, 2.45) is 10.1 Å². The lowest BCUT2D eigenvalue weighted by molar-refractivity contribution is -0.118. The van der Waals surface area contributed by atoms with E-state index in [2.05, 4.69) is 20.4 Å². The van der Waals surface area contributed by atoms with E-state index in [9.17, 15) is 9.90 Å². The number of carbonyl (C=O) groups excluding carboxylic acids is 1. The smallest absolute Gasteiger partial charge is 0.262 e. The molecule has 0 spiro atoms. The summed E-state index contributed by atoms with van der Waals surface area (Å²) in [5.41, 5.74) is 3.47. The number of phenols is 1. The Morgan fingerprint density at radius 3 is 2.94 bits per heavy atom. The van der Waals surface area contributed by atoms with E-state index in [1.54, 1.807) is 41.5 Å². The first-order valence-electron chi connectivity index (χ1n) is 9.72. The Labute approximate surface area is 186 Å². The van der Waals surface area contributed by atoms with Crippen LogP contribution in [0.2, 0.25) is 0 Å². The molecule has 9 heteroatoms. The summed E-state index contributed by atoms with van der Waals surface area (Å²) in [5.74, 6) is 0.554. The number of hydrogen-bond donors (Lipinski definition) is 2. The first kappa shape index (κ1) is 19.7. The number of rotatable bonds is 4. The lowest BCUT2D eigenvalue weighted by Gasteiger charge is -2.18. The number of nitrogens with one attached hydrogen (secondary N) is 1. The predicted molar refractivity (Wildman–Crippen MR) is 122 cm³/mol. The van der Waals surface area contributed by atoms with Gasteiger partial charge in [-0.05, 0) is 42.5 Å². The third-order valence-electron chi connectivity index (χ3n) is 4.71. The van der Waals surface area contributed by atoms with Gasteiger partial charge in [-0.25, -0.2) is 9.67 Å². The number of amides is 1. The van der Waals surface area contributed by atoms with E-state index in [4.69, 9.17) is 4.74 Å². The minimum atomic E-state index is -0.197. The van der Waals surface area contributed by atoms with Crippen molar-refractivity contribution in [3.8, 4) is 22.8 Å². The van der Waals surface area contributed by atoms with Crippen molar-refractivity contribution in [1.29, 1.82) is 0 Å². The molecule has 1 aliphatic heterocycles.